The van der Waals surface area contributed by atoms with E-state index >= 15 is 0 Å². The van der Waals surface area contributed by atoms with Crippen LogP contribution in [0.4, 0.5) is 0 Å². The number of aromatic nitrogens is 4. The van der Waals surface area contributed by atoms with E-state index in [1.165, 1.54) is 0 Å². The minimum atomic E-state index is -0.270. The number of para-hydroxylation sites is 1. The Morgan fingerprint density at radius 3 is 2.77 bits per heavy atom. The van der Waals surface area contributed by atoms with Crippen molar-refractivity contribution < 1.29 is 0 Å². The zero-order valence-electron chi connectivity index (χ0n) is 13.4. The van der Waals surface area contributed by atoms with Crippen molar-refractivity contribution in [3.05, 3.63) is 87.7 Å². The second kappa shape index (κ2) is 6.78. The van der Waals surface area contributed by atoms with Crippen molar-refractivity contribution in [3.63, 3.8) is 0 Å². The van der Waals surface area contributed by atoms with E-state index in [9.17, 15) is 4.79 Å². The molecule has 0 unspecified atom stereocenters. The Bertz CT molecular complexity index is 1180. The van der Waals surface area contributed by atoms with Crippen LogP contribution in [0.5, 0.6) is 0 Å². The van der Waals surface area contributed by atoms with Crippen molar-refractivity contribution in [1.82, 2.24) is 19.7 Å². The Hall–Kier alpha value is -2.89. The Morgan fingerprint density at radius 1 is 1.15 bits per heavy atom. The lowest BCUT2D eigenvalue weighted by Gasteiger charge is -2.02. The zero-order chi connectivity index (χ0) is 18.1. The second-order valence-corrected chi connectivity index (χ2v) is 6.47. The van der Waals surface area contributed by atoms with E-state index in [-0.39, 0.29) is 11.4 Å². The van der Waals surface area contributed by atoms with Crippen molar-refractivity contribution in [1.29, 1.82) is 0 Å². The van der Waals surface area contributed by atoms with Crippen molar-refractivity contribution >= 4 is 45.2 Å². The Balaban J connectivity index is 1.71. The molecule has 0 saturated carbocycles. The molecule has 0 aliphatic rings. The average molecular weight is 383 g/mol. The predicted octanol–water partition coefficient (Wildman–Crippen LogP) is 4.50. The molecule has 4 rings (SSSR count). The van der Waals surface area contributed by atoms with Crippen molar-refractivity contribution in [2.45, 2.75) is 0 Å². The van der Waals surface area contributed by atoms with Crippen LogP contribution >= 0.6 is 23.2 Å². The minimum absolute atomic E-state index is 0.270. The van der Waals surface area contributed by atoms with Gasteiger partial charge in [-0.3, -0.25) is 4.79 Å². The summed E-state index contributed by atoms with van der Waals surface area (Å²) in [5.74, 6) is 0.277. The number of rotatable bonds is 3. The quantitative estimate of drug-likeness (QED) is 0.567. The summed E-state index contributed by atoms with van der Waals surface area (Å²) in [5.41, 5.74) is 1.94. The van der Waals surface area contributed by atoms with Gasteiger partial charge in [-0.15, -0.1) is 0 Å². The molecular formula is C19H12Cl2N4O. The molecule has 0 fully saturated rings. The number of aromatic amines is 1. The van der Waals surface area contributed by atoms with Crippen LogP contribution in [0.3, 0.4) is 0 Å². The molecule has 0 bridgehead atoms. The van der Waals surface area contributed by atoms with E-state index in [0.29, 0.717) is 21.0 Å². The molecule has 2 aromatic heterocycles. The molecule has 5 nitrogen and oxygen atoms in total. The number of hydrogen-bond donors (Lipinski definition) is 1. The van der Waals surface area contributed by atoms with Gasteiger partial charge in [-0.2, -0.15) is 5.10 Å². The maximum absolute atomic E-state index is 12.2. The Kier molecular flexibility index (Phi) is 4.32. The highest BCUT2D eigenvalue weighted by Crippen LogP contribution is 2.21. The third-order valence-corrected chi connectivity index (χ3v) is 4.33. The van der Waals surface area contributed by atoms with Gasteiger partial charge in [0, 0.05) is 16.8 Å². The van der Waals surface area contributed by atoms with Crippen LogP contribution in [0.25, 0.3) is 27.7 Å². The molecule has 0 aliphatic heterocycles. The van der Waals surface area contributed by atoms with Gasteiger partial charge < -0.3 is 4.98 Å². The third kappa shape index (κ3) is 3.27. The molecule has 0 amide bonds. The lowest BCUT2D eigenvalue weighted by molar-refractivity contribution is 0.880. The molecule has 0 saturated heterocycles. The van der Waals surface area contributed by atoms with Crippen LogP contribution in [0.15, 0.2) is 65.7 Å². The van der Waals surface area contributed by atoms with E-state index < -0.39 is 0 Å². The monoisotopic (exact) mass is 382 g/mol. The summed E-state index contributed by atoms with van der Waals surface area (Å²) in [6, 6.07) is 14.6. The van der Waals surface area contributed by atoms with Crippen LogP contribution in [-0.4, -0.2) is 19.7 Å². The molecule has 7 heteroatoms. The summed E-state index contributed by atoms with van der Waals surface area (Å²) >= 11 is 12.3. The van der Waals surface area contributed by atoms with Crippen LogP contribution in [0.2, 0.25) is 5.02 Å². The highest BCUT2D eigenvalue weighted by Gasteiger charge is 2.08. The largest absolute Gasteiger partial charge is 0.305 e. The lowest BCUT2D eigenvalue weighted by Crippen LogP contribution is -2.10. The van der Waals surface area contributed by atoms with Crippen molar-refractivity contribution in [3.8, 4) is 5.69 Å². The van der Waals surface area contributed by atoms with E-state index in [1.807, 2.05) is 36.5 Å². The molecule has 0 spiro atoms. The van der Waals surface area contributed by atoms with Gasteiger partial charge in [0.15, 0.2) is 5.82 Å². The fourth-order valence-corrected chi connectivity index (χ4v) is 2.96. The topological polar surface area (TPSA) is 63.6 Å². The van der Waals surface area contributed by atoms with Gasteiger partial charge in [-0.25, -0.2) is 9.67 Å². The Morgan fingerprint density at radius 2 is 1.96 bits per heavy atom. The predicted molar refractivity (Wildman–Crippen MR) is 105 cm³/mol. The van der Waals surface area contributed by atoms with Gasteiger partial charge in [0.1, 0.15) is 0 Å². The summed E-state index contributed by atoms with van der Waals surface area (Å²) < 4.78 is 1.74. The van der Waals surface area contributed by atoms with Crippen molar-refractivity contribution in [2.75, 3.05) is 0 Å². The summed E-state index contributed by atoms with van der Waals surface area (Å²) in [4.78, 5) is 19.3. The van der Waals surface area contributed by atoms with E-state index in [4.69, 9.17) is 23.2 Å². The fourth-order valence-electron chi connectivity index (χ4n) is 2.57. The van der Waals surface area contributed by atoms with Crippen LogP contribution < -0.4 is 5.56 Å². The Labute approximate surface area is 158 Å². The highest BCUT2D eigenvalue weighted by atomic mass is 35.5. The highest BCUT2D eigenvalue weighted by molar-refractivity contribution is 6.50. The smallest absolute Gasteiger partial charge is 0.259 e. The van der Waals surface area contributed by atoms with Gasteiger partial charge in [-0.05, 0) is 36.4 Å². The van der Waals surface area contributed by atoms with Gasteiger partial charge in [0.2, 0.25) is 0 Å². The maximum Gasteiger partial charge on any atom is 0.259 e. The first kappa shape index (κ1) is 16.6. The van der Waals surface area contributed by atoms with Crippen LogP contribution in [0.1, 0.15) is 11.4 Å². The molecule has 0 atom stereocenters. The number of benzene rings is 2. The van der Waals surface area contributed by atoms with E-state index in [2.05, 4.69) is 15.1 Å². The summed E-state index contributed by atoms with van der Waals surface area (Å²) in [6.07, 6.45) is 5.22. The summed E-state index contributed by atoms with van der Waals surface area (Å²) in [5, 5.41) is 5.58. The third-order valence-electron chi connectivity index (χ3n) is 3.81. The number of fused-ring (bicyclic) bond motifs is 1. The number of nitrogens with zero attached hydrogens (tertiary/aromatic N) is 3. The van der Waals surface area contributed by atoms with Gasteiger partial charge in [0.05, 0.1) is 27.8 Å². The normalized spacial score (nSPS) is 11.8. The first-order valence-corrected chi connectivity index (χ1v) is 8.53. The molecule has 2 aromatic carbocycles. The van der Waals surface area contributed by atoms with E-state index in [1.54, 1.807) is 35.2 Å². The molecule has 0 radical (unpaired) electrons. The minimum Gasteiger partial charge on any atom is -0.305 e. The number of hydrogen-bond acceptors (Lipinski definition) is 3. The van der Waals surface area contributed by atoms with Crippen LogP contribution in [0, 0.1) is 0 Å². The molecule has 1 N–H and O–H groups in total. The fraction of sp³-hybridized carbons (Fsp3) is 0. The zero-order valence-corrected chi connectivity index (χ0v) is 14.9. The van der Waals surface area contributed by atoms with Crippen molar-refractivity contribution in [2.24, 2.45) is 0 Å². The van der Waals surface area contributed by atoms with E-state index in [0.717, 1.165) is 11.3 Å². The molecule has 26 heavy (non-hydrogen) atoms. The molecule has 0 aliphatic carbocycles. The maximum atomic E-state index is 12.2. The molecule has 4 aromatic rings. The number of halogens is 2. The SMILES string of the molecule is O=c1[nH]c(/C(Cl)=C/c2cnn(-c3ccccc3)c2)nc2cc(Cl)ccc12. The second-order valence-electron chi connectivity index (χ2n) is 5.62. The summed E-state index contributed by atoms with van der Waals surface area (Å²) in [7, 11) is 0. The molecule has 2 heterocycles. The lowest BCUT2D eigenvalue weighted by atomic mass is 10.2. The molecule has 128 valence electrons. The van der Waals surface area contributed by atoms with Gasteiger partial charge in [-0.1, -0.05) is 41.4 Å². The van der Waals surface area contributed by atoms with Gasteiger partial charge >= 0.3 is 0 Å². The summed E-state index contributed by atoms with van der Waals surface area (Å²) in [6.45, 7) is 0. The first-order chi connectivity index (χ1) is 12.6. The van der Waals surface area contributed by atoms with Crippen LogP contribution in [-0.2, 0) is 0 Å². The molecular weight excluding hydrogens is 371 g/mol. The first-order valence-electron chi connectivity index (χ1n) is 7.77. The standard InChI is InChI=1S/C19H12Cl2N4O/c20-13-6-7-15-17(9-13)23-18(24-19(15)26)16(21)8-12-10-22-25(11-12)14-4-2-1-3-5-14/h1-11H,(H,23,24,26)/b16-8-. The number of H-pyrrole nitrogens is 1. The van der Waals surface area contributed by atoms with Gasteiger partial charge in [0.25, 0.3) is 5.56 Å². The number of nitrogens with one attached hydrogen (secondary N) is 1. The average Bonchev–Trinajstić information content (AvgIpc) is 3.10.